The molecular formula is C41H67N7O8S. The van der Waals surface area contributed by atoms with Crippen molar-refractivity contribution >= 4 is 52.7 Å². The van der Waals surface area contributed by atoms with Gasteiger partial charge in [-0.2, -0.15) is 11.8 Å². The molecule has 5 amide bonds. The number of carbonyl (C=O) groups is 5. The summed E-state index contributed by atoms with van der Waals surface area (Å²) in [5.74, 6) is 1.50. The number of carbonyl (C=O) groups excluding carboxylic acids is 5. The van der Waals surface area contributed by atoms with Gasteiger partial charge in [-0.1, -0.05) is 18.6 Å². The number of hydrogen-bond donors (Lipinski definition) is 6. The smallest absolute Gasteiger partial charge is 0.248 e. The molecule has 2 fully saturated rings. The largest absolute Gasteiger partial charge is 0.399 e. The number of hydrogen-bond acceptors (Lipinski definition) is 11. The number of nitrogen functional groups attached to an aromatic ring is 1. The van der Waals surface area contributed by atoms with Crippen LogP contribution in [0.1, 0.15) is 77.0 Å². The highest BCUT2D eigenvalue weighted by Gasteiger charge is 2.42. The van der Waals surface area contributed by atoms with Gasteiger partial charge in [-0.3, -0.25) is 24.0 Å². The second kappa shape index (κ2) is 29.5. The number of amides is 5. The molecule has 2 saturated heterocycles. The fourth-order valence-electron chi connectivity index (χ4n) is 6.52. The third kappa shape index (κ3) is 22.7. The summed E-state index contributed by atoms with van der Waals surface area (Å²) in [5, 5.41) is 15.1. The molecule has 3 rings (SSSR count). The number of nitrogens with zero attached hydrogens (tertiary/aromatic N) is 1. The maximum absolute atomic E-state index is 12.1. The number of nitrogens with two attached hydrogens (primary N) is 1. The van der Waals surface area contributed by atoms with Crippen molar-refractivity contribution < 1.29 is 38.2 Å². The maximum atomic E-state index is 12.1. The number of likely N-dealkylation sites (N-methyl/N-ethyl adjacent to an activating group) is 1. The van der Waals surface area contributed by atoms with Crippen molar-refractivity contribution in [2.75, 3.05) is 96.2 Å². The van der Waals surface area contributed by atoms with Crippen molar-refractivity contribution in [2.45, 2.75) is 88.3 Å². The molecule has 0 unspecified atom stereocenters. The lowest BCUT2D eigenvalue weighted by molar-refractivity contribution is -0.123. The Morgan fingerprint density at radius 3 is 2.09 bits per heavy atom. The zero-order chi connectivity index (χ0) is 40.9. The van der Waals surface area contributed by atoms with Gasteiger partial charge in [0.1, 0.15) is 0 Å². The molecule has 3 atom stereocenters. The summed E-state index contributed by atoms with van der Waals surface area (Å²) >= 11 is 1.96. The first-order valence-electron chi connectivity index (χ1n) is 20.7. The van der Waals surface area contributed by atoms with Crippen LogP contribution >= 0.6 is 11.8 Å². The van der Waals surface area contributed by atoms with Crippen molar-refractivity contribution in [3.8, 4) is 0 Å². The first kappa shape index (κ1) is 47.7. The Balaban J connectivity index is 0.985. The number of thioether (sulfide) groups is 1. The van der Waals surface area contributed by atoms with Crippen LogP contribution < -0.4 is 32.3 Å². The zero-order valence-electron chi connectivity index (χ0n) is 33.9. The van der Waals surface area contributed by atoms with Crippen LogP contribution in [0.25, 0.3) is 0 Å². The highest BCUT2D eigenvalue weighted by Crippen LogP contribution is 2.39. The Morgan fingerprint density at radius 2 is 1.44 bits per heavy atom. The SMILES string of the molecule is CN(C/C=C/C(=O)Nc1cccc(N)c1)CCCCNC(=O)CCCC(=O)NCCCOCCOCCOCCCNC(=O)CCCC[C@@H]1SC[C@@H]2CC(=O)N[C@@H]21. The van der Waals surface area contributed by atoms with Crippen molar-refractivity contribution in [2.24, 2.45) is 5.92 Å². The standard InChI is InChI=1S/C41H67N7O8S/c1-48(22-8-17-39(52)46-34-12-6-11-33(42)30-34)21-5-4-18-43-37(50)15-7-16-38(51)45-20-10-24-55-26-28-56-27-25-54-23-9-19-44-36(49)14-3-2-13-35-41-32(31-57-35)29-40(53)47-41/h6,8,11-12,17,30,32,35,41H,2-5,7,9-10,13-16,18-29,31,42H2,1H3,(H,43,50)(H,44,49)(H,45,51)(H,46,52)(H,47,53)/b17-8+/t32-,35-,41-/m0/s1. The Hall–Kier alpha value is -3.70. The third-order valence-electron chi connectivity index (χ3n) is 9.61. The van der Waals surface area contributed by atoms with E-state index in [1.54, 1.807) is 24.3 Å². The molecule has 7 N–H and O–H groups in total. The van der Waals surface area contributed by atoms with Crippen LogP contribution in [0.2, 0.25) is 0 Å². The van der Waals surface area contributed by atoms with Gasteiger partial charge in [0, 0.05) is 93.8 Å². The van der Waals surface area contributed by atoms with Crippen LogP contribution in [-0.4, -0.2) is 131 Å². The Labute approximate surface area is 343 Å². The second-order valence-corrected chi connectivity index (χ2v) is 15.9. The number of ether oxygens (including phenoxy) is 3. The number of rotatable bonds is 32. The maximum Gasteiger partial charge on any atom is 0.248 e. The van der Waals surface area contributed by atoms with Crippen LogP contribution in [0.15, 0.2) is 36.4 Å². The molecule has 320 valence electrons. The van der Waals surface area contributed by atoms with Crippen LogP contribution in [0.3, 0.4) is 0 Å². The fourth-order valence-corrected chi connectivity index (χ4v) is 8.17. The van der Waals surface area contributed by atoms with Gasteiger partial charge in [-0.25, -0.2) is 0 Å². The Bertz CT molecular complexity index is 1390. The number of nitrogens with one attached hydrogen (secondary N) is 5. The average molecular weight is 818 g/mol. The lowest BCUT2D eigenvalue weighted by Crippen LogP contribution is -2.34. The van der Waals surface area contributed by atoms with E-state index in [0.717, 1.165) is 50.8 Å². The van der Waals surface area contributed by atoms with E-state index in [2.05, 4.69) is 31.5 Å². The summed E-state index contributed by atoms with van der Waals surface area (Å²) < 4.78 is 16.7. The Kier molecular flexibility index (Phi) is 24.7. The minimum absolute atomic E-state index is 0.0504. The number of unbranched alkanes of at least 4 members (excludes halogenated alkanes) is 2. The molecule has 0 radical (unpaired) electrons. The molecule has 0 spiro atoms. The van der Waals surface area contributed by atoms with Crippen molar-refractivity contribution in [1.82, 2.24) is 26.2 Å². The summed E-state index contributed by atoms with van der Waals surface area (Å²) in [7, 11) is 1.98. The molecule has 1 aromatic carbocycles. The lowest BCUT2D eigenvalue weighted by Gasteiger charge is -2.17. The number of fused-ring (bicyclic) bond motifs is 1. The molecule has 2 aliphatic heterocycles. The lowest BCUT2D eigenvalue weighted by atomic mass is 9.97. The molecule has 57 heavy (non-hydrogen) atoms. The van der Waals surface area contributed by atoms with Gasteiger partial charge in [0.25, 0.3) is 0 Å². The summed E-state index contributed by atoms with van der Waals surface area (Å²) in [5.41, 5.74) is 6.98. The van der Waals surface area contributed by atoms with Crippen LogP contribution in [-0.2, 0) is 38.2 Å². The average Bonchev–Trinajstić information content (AvgIpc) is 3.73. The zero-order valence-corrected chi connectivity index (χ0v) is 34.7. The number of anilines is 2. The molecular weight excluding hydrogens is 751 g/mol. The first-order valence-corrected chi connectivity index (χ1v) is 21.7. The summed E-state index contributed by atoms with van der Waals surface area (Å²) in [6, 6.07) is 7.36. The second-order valence-electron chi connectivity index (χ2n) is 14.6. The van der Waals surface area contributed by atoms with E-state index >= 15 is 0 Å². The predicted octanol–water partition coefficient (Wildman–Crippen LogP) is 3.00. The predicted molar refractivity (Wildman–Crippen MR) is 225 cm³/mol. The van der Waals surface area contributed by atoms with Crippen LogP contribution in [0, 0.1) is 5.92 Å². The first-order chi connectivity index (χ1) is 27.7. The van der Waals surface area contributed by atoms with E-state index in [4.69, 9.17) is 19.9 Å². The van der Waals surface area contributed by atoms with Gasteiger partial charge in [-0.05, 0) is 88.4 Å². The van der Waals surface area contributed by atoms with E-state index < -0.39 is 0 Å². The minimum Gasteiger partial charge on any atom is -0.399 e. The normalized spacial score (nSPS) is 17.4. The molecule has 15 nitrogen and oxygen atoms in total. The van der Waals surface area contributed by atoms with Gasteiger partial charge >= 0.3 is 0 Å². The topological polar surface area (TPSA) is 202 Å². The van der Waals surface area contributed by atoms with E-state index in [0.29, 0.717) is 133 Å². The van der Waals surface area contributed by atoms with Gasteiger partial charge in [0.15, 0.2) is 0 Å². The molecule has 0 saturated carbocycles. The van der Waals surface area contributed by atoms with Crippen molar-refractivity contribution in [1.29, 1.82) is 0 Å². The van der Waals surface area contributed by atoms with Crippen LogP contribution in [0.5, 0.6) is 0 Å². The van der Waals surface area contributed by atoms with E-state index in [9.17, 15) is 24.0 Å². The summed E-state index contributed by atoms with van der Waals surface area (Å²) in [4.78, 5) is 62.0. The summed E-state index contributed by atoms with van der Waals surface area (Å²) in [6.07, 6.45) is 11.8. The van der Waals surface area contributed by atoms with Gasteiger partial charge in [0.2, 0.25) is 29.5 Å². The monoisotopic (exact) mass is 817 g/mol. The quantitative estimate of drug-likeness (QED) is 0.0355. The van der Waals surface area contributed by atoms with E-state index in [1.807, 2.05) is 24.9 Å². The highest BCUT2D eigenvalue weighted by atomic mass is 32.2. The van der Waals surface area contributed by atoms with Gasteiger partial charge in [-0.15, -0.1) is 0 Å². The van der Waals surface area contributed by atoms with Crippen molar-refractivity contribution in [3.63, 3.8) is 0 Å². The third-order valence-corrected chi connectivity index (χ3v) is 11.2. The number of benzene rings is 1. The Morgan fingerprint density at radius 1 is 0.825 bits per heavy atom. The fraction of sp³-hybridized carbons (Fsp3) is 0.683. The van der Waals surface area contributed by atoms with E-state index in [1.165, 1.54) is 6.08 Å². The van der Waals surface area contributed by atoms with Gasteiger partial charge < -0.3 is 51.4 Å². The summed E-state index contributed by atoms with van der Waals surface area (Å²) in [6.45, 7) is 6.14. The van der Waals surface area contributed by atoms with E-state index in [-0.39, 0.29) is 29.5 Å². The van der Waals surface area contributed by atoms with Gasteiger partial charge in [0.05, 0.1) is 26.4 Å². The van der Waals surface area contributed by atoms with Crippen LogP contribution in [0.4, 0.5) is 11.4 Å². The molecule has 16 heteroatoms. The molecule has 0 aliphatic carbocycles. The van der Waals surface area contributed by atoms with Crippen molar-refractivity contribution in [3.05, 3.63) is 36.4 Å². The highest BCUT2D eigenvalue weighted by molar-refractivity contribution is 8.00. The molecule has 2 heterocycles. The molecule has 2 aliphatic rings. The molecule has 0 bridgehead atoms. The molecule has 1 aromatic rings. The minimum atomic E-state index is -0.206. The molecule has 0 aromatic heterocycles.